The van der Waals surface area contributed by atoms with Crippen LogP contribution in [-0.4, -0.2) is 17.7 Å². The Balaban J connectivity index is 1.64. The molecule has 6 heteroatoms. The van der Waals surface area contributed by atoms with Crippen LogP contribution in [0.1, 0.15) is 23.1 Å². The van der Waals surface area contributed by atoms with E-state index in [1.807, 2.05) is 56.3 Å². The van der Waals surface area contributed by atoms with Crippen molar-refractivity contribution in [3.05, 3.63) is 76.8 Å². The number of aromatic nitrogens is 1. The van der Waals surface area contributed by atoms with Crippen LogP contribution in [0.4, 0.5) is 11.4 Å². The van der Waals surface area contributed by atoms with E-state index in [1.54, 1.807) is 0 Å². The van der Waals surface area contributed by atoms with Gasteiger partial charge in [-0.15, -0.1) is 0 Å². The van der Waals surface area contributed by atoms with Crippen molar-refractivity contribution in [2.24, 2.45) is 0 Å². The van der Waals surface area contributed by atoms with Crippen molar-refractivity contribution in [2.75, 3.05) is 17.2 Å². The Kier molecular flexibility index (Phi) is 3.72. The van der Waals surface area contributed by atoms with Crippen molar-refractivity contribution in [2.45, 2.75) is 19.9 Å². The van der Waals surface area contributed by atoms with Gasteiger partial charge in [-0.2, -0.15) is 0 Å². The van der Waals surface area contributed by atoms with E-state index in [0.29, 0.717) is 5.57 Å². The van der Waals surface area contributed by atoms with Crippen LogP contribution >= 0.6 is 0 Å². The number of rotatable bonds is 2. The first-order chi connectivity index (χ1) is 13.6. The number of carbonyl (C=O) groups excluding carboxylic acids is 1. The molecule has 3 aromatic rings. The van der Waals surface area contributed by atoms with Crippen LogP contribution in [0.5, 0.6) is 0 Å². The topological polar surface area (TPSA) is 76.4 Å². The largest absolute Gasteiger partial charge is 0.456 e. The van der Waals surface area contributed by atoms with Crippen molar-refractivity contribution in [1.82, 2.24) is 5.16 Å². The number of para-hydroxylation sites is 2. The van der Waals surface area contributed by atoms with Gasteiger partial charge in [0.2, 0.25) is 0 Å². The highest BCUT2D eigenvalue weighted by Crippen LogP contribution is 2.40. The van der Waals surface area contributed by atoms with Crippen LogP contribution in [0.15, 0.2) is 64.3 Å². The van der Waals surface area contributed by atoms with Gasteiger partial charge in [0, 0.05) is 5.56 Å². The molecule has 28 heavy (non-hydrogen) atoms. The Labute approximate surface area is 162 Å². The number of hydrogen-bond donors (Lipinski definition) is 2. The van der Waals surface area contributed by atoms with Gasteiger partial charge in [-0.05, 0) is 43.2 Å². The zero-order valence-corrected chi connectivity index (χ0v) is 15.6. The highest BCUT2D eigenvalue weighted by atomic mass is 16.5. The average Bonchev–Trinajstić information content (AvgIpc) is 3.16. The van der Waals surface area contributed by atoms with Gasteiger partial charge in [-0.1, -0.05) is 35.5 Å². The number of cyclic esters (lactones) is 1. The second kappa shape index (κ2) is 6.27. The summed E-state index contributed by atoms with van der Waals surface area (Å²) in [5, 5.41) is 10.9. The standard InChI is InChI=1S/C22H19N3O3/c1-12-19(13(2)28-25-12)14-6-5-7-15(10-14)21-20-18(11-27-22(20)26)23-16-8-3-4-9-17(16)24-21/h3-10,21,23-24H,11H2,1-2H3. The molecular weight excluding hydrogens is 354 g/mol. The van der Waals surface area contributed by atoms with Crippen LogP contribution in [0.25, 0.3) is 11.1 Å². The van der Waals surface area contributed by atoms with E-state index in [1.165, 1.54) is 0 Å². The summed E-state index contributed by atoms with van der Waals surface area (Å²) in [5.74, 6) is 0.478. The molecule has 2 aromatic carbocycles. The third-order valence-corrected chi connectivity index (χ3v) is 5.24. The van der Waals surface area contributed by atoms with Gasteiger partial charge < -0.3 is 19.9 Å². The van der Waals surface area contributed by atoms with Crippen molar-refractivity contribution in [3.8, 4) is 11.1 Å². The lowest BCUT2D eigenvalue weighted by Crippen LogP contribution is -2.17. The van der Waals surface area contributed by atoms with Gasteiger partial charge in [-0.3, -0.25) is 0 Å². The molecule has 1 aromatic heterocycles. The summed E-state index contributed by atoms with van der Waals surface area (Å²) in [6.45, 7) is 4.09. The van der Waals surface area contributed by atoms with E-state index in [-0.39, 0.29) is 18.6 Å². The van der Waals surface area contributed by atoms with Crippen LogP contribution in [0.2, 0.25) is 0 Å². The molecule has 0 radical (unpaired) electrons. The maximum absolute atomic E-state index is 12.5. The molecule has 0 aliphatic carbocycles. The zero-order valence-electron chi connectivity index (χ0n) is 15.6. The van der Waals surface area contributed by atoms with Gasteiger partial charge in [0.1, 0.15) is 12.4 Å². The van der Waals surface area contributed by atoms with E-state index in [2.05, 4.69) is 21.9 Å². The Hall–Kier alpha value is -3.54. The highest BCUT2D eigenvalue weighted by molar-refractivity contribution is 5.96. The van der Waals surface area contributed by atoms with Gasteiger partial charge in [-0.25, -0.2) is 4.79 Å². The molecule has 0 spiro atoms. The van der Waals surface area contributed by atoms with Crippen molar-refractivity contribution in [3.63, 3.8) is 0 Å². The van der Waals surface area contributed by atoms with Crippen LogP contribution in [-0.2, 0) is 9.53 Å². The van der Waals surface area contributed by atoms with E-state index in [4.69, 9.17) is 9.26 Å². The summed E-state index contributed by atoms with van der Waals surface area (Å²) in [4.78, 5) is 12.5. The number of anilines is 2. The first kappa shape index (κ1) is 16.6. The lowest BCUT2D eigenvalue weighted by molar-refractivity contribution is -0.136. The van der Waals surface area contributed by atoms with Gasteiger partial charge in [0.05, 0.1) is 34.4 Å². The summed E-state index contributed by atoms with van der Waals surface area (Å²) < 4.78 is 10.7. The Morgan fingerprint density at radius 3 is 2.68 bits per heavy atom. The second-order valence-corrected chi connectivity index (χ2v) is 7.04. The molecule has 140 valence electrons. The third-order valence-electron chi connectivity index (χ3n) is 5.24. The second-order valence-electron chi connectivity index (χ2n) is 7.04. The number of esters is 1. The molecule has 0 fully saturated rings. The van der Waals surface area contributed by atoms with Crippen molar-refractivity contribution < 1.29 is 14.1 Å². The Morgan fingerprint density at radius 2 is 1.89 bits per heavy atom. The van der Waals surface area contributed by atoms with Gasteiger partial charge in [0.15, 0.2) is 0 Å². The predicted octanol–water partition coefficient (Wildman–Crippen LogP) is 4.35. The smallest absolute Gasteiger partial charge is 0.338 e. The molecular formula is C22H19N3O3. The Bertz CT molecular complexity index is 1110. The molecule has 2 aliphatic heterocycles. The van der Waals surface area contributed by atoms with E-state index in [0.717, 1.165) is 45.2 Å². The maximum atomic E-state index is 12.5. The van der Waals surface area contributed by atoms with Gasteiger partial charge in [0.25, 0.3) is 0 Å². The quantitative estimate of drug-likeness (QED) is 0.651. The van der Waals surface area contributed by atoms with Crippen LogP contribution in [0.3, 0.4) is 0 Å². The summed E-state index contributed by atoms with van der Waals surface area (Å²) in [7, 11) is 0. The summed E-state index contributed by atoms with van der Waals surface area (Å²) in [6, 6.07) is 15.7. The van der Waals surface area contributed by atoms with Crippen LogP contribution in [0, 0.1) is 13.8 Å². The monoisotopic (exact) mass is 373 g/mol. The molecule has 0 bridgehead atoms. The number of carbonyl (C=O) groups is 1. The number of aryl methyl sites for hydroxylation is 2. The highest BCUT2D eigenvalue weighted by Gasteiger charge is 2.35. The lowest BCUT2D eigenvalue weighted by atomic mass is 9.94. The fraction of sp³-hybridized carbons (Fsp3) is 0.182. The Morgan fingerprint density at radius 1 is 1.07 bits per heavy atom. The molecule has 0 amide bonds. The molecule has 0 saturated carbocycles. The molecule has 1 atom stereocenters. The number of nitrogens with one attached hydrogen (secondary N) is 2. The minimum Gasteiger partial charge on any atom is -0.456 e. The maximum Gasteiger partial charge on any atom is 0.338 e. The lowest BCUT2D eigenvalue weighted by Gasteiger charge is -2.20. The molecule has 5 rings (SSSR count). The fourth-order valence-corrected chi connectivity index (χ4v) is 3.94. The van der Waals surface area contributed by atoms with Gasteiger partial charge >= 0.3 is 5.97 Å². The average molecular weight is 373 g/mol. The molecule has 2 N–H and O–H groups in total. The number of nitrogens with zero attached hydrogens (tertiary/aromatic N) is 1. The zero-order chi connectivity index (χ0) is 19.3. The molecule has 3 heterocycles. The van der Waals surface area contributed by atoms with E-state index >= 15 is 0 Å². The number of fused-ring (bicyclic) bond motifs is 1. The van der Waals surface area contributed by atoms with Crippen LogP contribution < -0.4 is 10.6 Å². The minimum absolute atomic E-state index is 0.254. The third kappa shape index (κ3) is 2.57. The first-order valence-electron chi connectivity index (χ1n) is 9.18. The summed E-state index contributed by atoms with van der Waals surface area (Å²) in [6.07, 6.45) is 0. The summed E-state index contributed by atoms with van der Waals surface area (Å²) >= 11 is 0. The molecule has 1 unspecified atom stereocenters. The minimum atomic E-state index is -0.318. The summed E-state index contributed by atoms with van der Waals surface area (Å²) in [5.41, 5.74) is 7.10. The first-order valence-corrected chi connectivity index (χ1v) is 9.18. The fourth-order valence-electron chi connectivity index (χ4n) is 3.94. The molecule has 6 nitrogen and oxygen atoms in total. The number of hydrogen-bond acceptors (Lipinski definition) is 6. The van der Waals surface area contributed by atoms with E-state index in [9.17, 15) is 4.79 Å². The van der Waals surface area contributed by atoms with E-state index < -0.39 is 0 Å². The molecule has 2 aliphatic rings. The van der Waals surface area contributed by atoms with Crippen molar-refractivity contribution in [1.29, 1.82) is 0 Å². The SMILES string of the molecule is Cc1noc(C)c1-c1cccc(C2Nc3ccccc3NC3=C2C(=O)OC3)c1. The number of ether oxygens (including phenoxy) is 1. The van der Waals surface area contributed by atoms with Crippen molar-refractivity contribution >= 4 is 17.3 Å². The molecule has 0 saturated heterocycles. The normalized spacial score (nSPS) is 17.9. The number of benzene rings is 2. The predicted molar refractivity (Wildman–Crippen MR) is 106 cm³/mol.